The second-order valence-electron chi connectivity index (χ2n) is 6.91. The van der Waals surface area contributed by atoms with Crippen LogP contribution in [0.15, 0.2) is 9.42 Å². The van der Waals surface area contributed by atoms with Crippen LogP contribution in [0.2, 0.25) is 0 Å². The van der Waals surface area contributed by atoms with Gasteiger partial charge in [0, 0.05) is 32.7 Å². The monoisotopic (exact) mass is 372 g/mol. The van der Waals surface area contributed by atoms with Crippen LogP contribution >= 0.6 is 0 Å². The highest BCUT2D eigenvalue weighted by molar-refractivity contribution is 7.89. The first-order valence-electron chi connectivity index (χ1n) is 8.59. The van der Waals surface area contributed by atoms with Crippen molar-refractivity contribution >= 4 is 15.9 Å². The molecule has 1 aliphatic heterocycles. The molecule has 1 unspecified atom stereocenters. The van der Waals surface area contributed by atoms with E-state index in [0.717, 1.165) is 0 Å². The van der Waals surface area contributed by atoms with Gasteiger partial charge >= 0.3 is 0 Å². The minimum Gasteiger partial charge on any atom is -0.360 e. The molecule has 8 nitrogen and oxygen atoms in total. The van der Waals surface area contributed by atoms with Gasteiger partial charge in [0.05, 0.1) is 6.04 Å². The molecule has 1 N–H and O–H groups in total. The molecule has 1 saturated heterocycles. The van der Waals surface area contributed by atoms with E-state index in [1.54, 1.807) is 13.8 Å². The molecule has 25 heavy (non-hydrogen) atoms. The largest absolute Gasteiger partial charge is 0.360 e. The van der Waals surface area contributed by atoms with Gasteiger partial charge in [0.2, 0.25) is 15.9 Å². The molecule has 0 spiro atoms. The van der Waals surface area contributed by atoms with E-state index in [0.29, 0.717) is 50.1 Å². The van der Waals surface area contributed by atoms with Crippen molar-refractivity contribution in [3.8, 4) is 0 Å². The van der Waals surface area contributed by atoms with E-state index in [1.165, 1.54) is 4.31 Å². The summed E-state index contributed by atoms with van der Waals surface area (Å²) in [5.41, 5.74) is 0.376. The molecule has 1 aliphatic rings. The Hall–Kier alpha value is -1.45. The predicted octanol–water partition coefficient (Wildman–Crippen LogP) is 0.758. The third-order valence-corrected chi connectivity index (χ3v) is 6.59. The zero-order valence-corrected chi connectivity index (χ0v) is 16.4. The molecule has 0 aliphatic carbocycles. The summed E-state index contributed by atoms with van der Waals surface area (Å²) in [5, 5.41) is 6.66. The van der Waals surface area contributed by atoms with E-state index in [2.05, 4.69) is 10.5 Å². The fourth-order valence-corrected chi connectivity index (χ4v) is 4.63. The van der Waals surface area contributed by atoms with Crippen molar-refractivity contribution < 1.29 is 17.7 Å². The minimum atomic E-state index is -3.62. The number of carbonyl (C=O) groups is 1. The average Bonchev–Trinajstić information content (AvgIpc) is 2.91. The molecule has 2 heterocycles. The molecule has 142 valence electrons. The van der Waals surface area contributed by atoms with E-state index in [1.807, 2.05) is 25.7 Å². The maximum Gasteiger partial charge on any atom is 0.248 e. The maximum absolute atomic E-state index is 12.8. The van der Waals surface area contributed by atoms with Crippen molar-refractivity contribution in [1.82, 2.24) is 19.7 Å². The molecule has 1 aromatic rings. The fraction of sp³-hybridized carbons (Fsp3) is 0.750. The van der Waals surface area contributed by atoms with Crippen molar-refractivity contribution in [2.24, 2.45) is 5.92 Å². The molecule has 0 bridgehead atoms. The van der Waals surface area contributed by atoms with Crippen LogP contribution in [0.3, 0.4) is 0 Å². The summed E-state index contributed by atoms with van der Waals surface area (Å²) in [6.45, 7) is 11.5. The molecule has 0 saturated carbocycles. The second-order valence-corrected chi connectivity index (χ2v) is 8.78. The van der Waals surface area contributed by atoms with E-state index < -0.39 is 10.0 Å². The molecule has 1 aromatic heterocycles. The van der Waals surface area contributed by atoms with Gasteiger partial charge in [-0.2, -0.15) is 4.31 Å². The molecule has 1 fully saturated rings. The Kier molecular flexibility index (Phi) is 6.23. The van der Waals surface area contributed by atoms with Gasteiger partial charge in [-0.1, -0.05) is 19.0 Å². The fourth-order valence-electron chi connectivity index (χ4n) is 2.92. The van der Waals surface area contributed by atoms with Crippen LogP contribution in [-0.4, -0.2) is 67.5 Å². The van der Waals surface area contributed by atoms with Crippen LogP contribution in [0.5, 0.6) is 0 Å². The van der Waals surface area contributed by atoms with Crippen LogP contribution in [0.4, 0.5) is 0 Å². The van der Waals surface area contributed by atoms with Crippen molar-refractivity contribution in [1.29, 1.82) is 0 Å². The standard InChI is InChI=1S/C16H28N4O4S/c1-11(2)10-17-16(21)13(4)19-6-8-20(9-7-19)25(22,23)15-12(3)18-24-14(15)5/h11,13H,6-10H2,1-5H3,(H,17,21). The number of aryl methyl sites for hydroxylation is 2. The number of nitrogens with zero attached hydrogens (tertiary/aromatic N) is 3. The molecule has 0 aromatic carbocycles. The van der Waals surface area contributed by atoms with Gasteiger partial charge in [0.25, 0.3) is 0 Å². The van der Waals surface area contributed by atoms with Gasteiger partial charge in [-0.05, 0) is 26.7 Å². The number of rotatable bonds is 6. The highest BCUT2D eigenvalue weighted by atomic mass is 32.2. The highest BCUT2D eigenvalue weighted by Gasteiger charge is 2.35. The lowest BCUT2D eigenvalue weighted by atomic mass is 10.2. The molecule has 2 rings (SSSR count). The van der Waals surface area contributed by atoms with Crippen LogP contribution < -0.4 is 5.32 Å². The Labute approximate surface area is 149 Å². The molecule has 0 radical (unpaired) electrons. The van der Waals surface area contributed by atoms with Gasteiger partial charge in [-0.25, -0.2) is 8.42 Å². The molecular weight excluding hydrogens is 344 g/mol. The summed E-state index contributed by atoms with van der Waals surface area (Å²) in [6, 6.07) is -0.275. The number of carbonyl (C=O) groups excluding carboxylic acids is 1. The van der Waals surface area contributed by atoms with E-state index in [9.17, 15) is 13.2 Å². The summed E-state index contributed by atoms with van der Waals surface area (Å²) in [5.74, 6) is 0.685. The summed E-state index contributed by atoms with van der Waals surface area (Å²) in [4.78, 5) is 14.4. The van der Waals surface area contributed by atoms with Crippen molar-refractivity contribution in [2.75, 3.05) is 32.7 Å². The molecular formula is C16H28N4O4S. The third-order valence-electron chi connectivity index (χ3n) is 4.45. The van der Waals surface area contributed by atoms with E-state index in [4.69, 9.17) is 4.52 Å². The smallest absolute Gasteiger partial charge is 0.248 e. The van der Waals surface area contributed by atoms with Crippen LogP contribution in [-0.2, 0) is 14.8 Å². The topological polar surface area (TPSA) is 95.8 Å². The SMILES string of the molecule is Cc1noc(C)c1S(=O)(=O)N1CCN(C(C)C(=O)NCC(C)C)CC1. The van der Waals surface area contributed by atoms with Gasteiger partial charge < -0.3 is 9.84 Å². The van der Waals surface area contributed by atoms with Crippen LogP contribution in [0.25, 0.3) is 0 Å². The predicted molar refractivity (Wildman–Crippen MR) is 93.6 cm³/mol. The summed E-state index contributed by atoms with van der Waals surface area (Å²) >= 11 is 0. The Morgan fingerprint density at radius 1 is 1.20 bits per heavy atom. The number of aromatic nitrogens is 1. The van der Waals surface area contributed by atoms with Gasteiger partial charge in [0.1, 0.15) is 10.6 Å². The van der Waals surface area contributed by atoms with Crippen LogP contribution in [0, 0.1) is 19.8 Å². The first-order chi connectivity index (χ1) is 11.6. The normalized spacial score (nSPS) is 18.5. The Morgan fingerprint density at radius 3 is 2.28 bits per heavy atom. The second kappa shape index (κ2) is 7.84. The first kappa shape index (κ1) is 19.9. The lowest BCUT2D eigenvalue weighted by Gasteiger charge is -2.36. The number of hydrogen-bond donors (Lipinski definition) is 1. The van der Waals surface area contributed by atoms with Gasteiger partial charge in [0.15, 0.2) is 5.76 Å². The number of hydrogen-bond acceptors (Lipinski definition) is 6. The number of amides is 1. The van der Waals surface area contributed by atoms with E-state index in [-0.39, 0.29) is 16.8 Å². The first-order valence-corrected chi connectivity index (χ1v) is 10.0. The van der Waals surface area contributed by atoms with Crippen molar-refractivity contribution in [2.45, 2.75) is 45.6 Å². The van der Waals surface area contributed by atoms with E-state index >= 15 is 0 Å². The molecule has 9 heteroatoms. The zero-order chi connectivity index (χ0) is 18.8. The average molecular weight is 372 g/mol. The number of nitrogens with one attached hydrogen (secondary N) is 1. The lowest BCUT2D eigenvalue weighted by Crippen LogP contribution is -2.55. The molecule has 1 atom stereocenters. The quantitative estimate of drug-likeness (QED) is 0.792. The molecule has 1 amide bonds. The Balaban J connectivity index is 1.98. The van der Waals surface area contributed by atoms with Crippen molar-refractivity contribution in [3.05, 3.63) is 11.5 Å². The van der Waals surface area contributed by atoms with Crippen molar-refractivity contribution in [3.63, 3.8) is 0 Å². The zero-order valence-electron chi connectivity index (χ0n) is 15.6. The summed E-state index contributed by atoms with van der Waals surface area (Å²) in [6.07, 6.45) is 0. The lowest BCUT2D eigenvalue weighted by molar-refractivity contribution is -0.126. The van der Waals surface area contributed by atoms with Crippen LogP contribution in [0.1, 0.15) is 32.2 Å². The number of piperazine rings is 1. The Bertz CT molecular complexity index is 686. The number of sulfonamides is 1. The minimum absolute atomic E-state index is 0.0178. The highest BCUT2D eigenvalue weighted by Crippen LogP contribution is 2.24. The Morgan fingerprint density at radius 2 is 1.80 bits per heavy atom. The van der Waals surface area contributed by atoms with Gasteiger partial charge in [-0.3, -0.25) is 9.69 Å². The summed E-state index contributed by atoms with van der Waals surface area (Å²) in [7, 11) is -3.62. The summed E-state index contributed by atoms with van der Waals surface area (Å²) < 4.78 is 32.0. The maximum atomic E-state index is 12.8. The van der Waals surface area contributed by atoms with Gasteiger partial charge in [-0.15, -0.1) is 0 Å². The third kappa shape index (κ3) is 4.39.